The summed E-state index contributed by atoms with van der Waals surface area (Å²) < 4.78 is 0. The third kappa shape index (κ3) is 2.60. The van der Waals surface area contributed by atoms with Crippen LogP contribution in [0.25, 0.3) is 0 Å². The number of aryl methyl sites for hydroxylation is 1. The smallest absolute Gasteiger partial charge is 0.335 e. The predicted molar refractivity (Wildman–Crippen MR) is 68.6 cm³/mol. The van der Waals surface area contributed by atoms with Gasteiger partial charge in [0, 0.05) is 11.7 Å². The average Bonchev–Trinajstić information content (AvgIpc) is 2.67. The Morgan fingerprint density at radius 2 is 2.18 bits per heavy atom. The molecule has 92 valence electrons. The van der Waals surface area contributed by atoms with Gasteiger partial charge >= 0.3 is 5.97 Å². The van der Waals surface area contributed by atoms with E-state index in [1.165, 1.54) is 19.3 Å². The number of hydrogen-bond donors (Lipinski definition) is 2. The van der Waals surface area contributed by atoms with Crippen molar-refractivity contribution < 1.29 is 9.90 Å². The van der Waals surface area contributed by atoms with Gasteiger partial charge in [0.15, 0.2) is 0 Å². The Labute approximate surface area is 102 Å². The van der Waals surface area contributed by atoms with Crippen molar-refractivity contribution in [1.29, 1.82) is 0 Å². The van der Waals surface area contributed by atoms with Crippen LogP contribution in [0.4, 0.5) is 5.69 Å². The van der Waals surface area contributed by atoms with Crippen molar-refractivity contribution >= 4 is 11.7 Å². The molecular weight excluding hydrogens is 214 g/mol. The highest BCUT2D eigenvalue weighted by atomic mass is 16.4. The first-order chi connectivity index (χ1) is 8.08. The largest absolute Gasteiger partial charge is 0.478 e. The standard InChI is InChI=1S/C14H19NO2/c1-9-4-3-5-12(9)15-13-7-6-11(14(16)17)8-10(13)2/h6-9,12,15H,3-5H2,1-2H3,(H,16,17). The Balaban J connectivity index is 2.14. The van der Waals surface area contributed by atoms with E-state index in [0.717, 1.165) is 11.3 Å². The van der Waals surface area contributed by atoms with Crippen LogP contribution in [0.2, 0.25) is 0 Å². The second-order valence-electron chi connectivity index (χ2n) is 4.99. The lowest BCUT2D eigenvalue weighted by Gasteiger charge is -2.20. The molecule has 1 aliphatic rings. The third-order valence-corrected chi connectivity index (χ3v) is 3.68. The average molecular weight is 233 g/mol. The number of aromatic carboxylic acids is 1. The van der Waals surface area contributed by atoms with Gasteiger partial charge in [0.25, 0.3) is 0 Å². The minimum atomic E-state index is -0.867. The van der Waals surface area contributed by atoms with E-state index >= 15 is 0 Å². The van der Waals surface area contributed by atoms with E-state index in [-0.39, 0.29) is 0 Å². The quantitative estimate of drug-likeness (QED) is 0.842. The van der Waals surface area contributed by atoms with Crippen LogP contribution in [-0.4, -0.2) is 17.1 Å². The zero-order valence-electron chi connectivity index (χ0n) is 10.4. The van der Waals surface area contributed by atoms with E-state index in [0.29, 0.717) is 17.5 Å². The number of carboxylic acid groups (broad SMARTS) is 1. The van der Waals surface area contributed by atoms with Gasteiger partial charge in [-0.05, 0) is 49.4 Å². The highest BCUT2D eigenvalue weighted by Crippen LogP contribution is 2.29. The van der Waals surface area contributed by atoms with Crippen molar-refractivity contribution in [1.82, 2.24) is 0 Å². The zero-order valence-corrected chi connectivity index (χ0v) is 10.4. The molecule has 2 unspecified atom stereocenters. The molecule has 0 amide bonds. The van der Waals surface area contributed by atoms with Crippen LogP contribution in [0.5, 0.6) is 0 Å². The molecular formula is C14H19NO2. The lowest BCUT2D eigenvalue weighted by atomic mass is 10.0. The molecule has 2 atom stereocenters. The van der Waals surface area contributed by atoms with Crippen LogP contribution < -0.4 is 5.32 Å². The minimum absolute atomic E-state index is 0.354. The number of benzene rings is 1. The highest BCUT2D eigenvalue weighted by Gasteiger charge is 2.23. The van der Waals surface area contributed by atoms with Crippen molar-refractivity contribution in [3.05, 3.63) is 29.3 Å². The predicted octanol–water partition coefficient (Wildman–Crippen LogP) is 3.29. The molecule has 0 heterocycles. The fourth-order valence-corrected chi connectivity index (χ4v) is 2.52. The van der Waals surface area contributed by atoms with Gasteiger partial charge in [-0.15, -0.1) is 0 Å². The maximum absolute atomic E-state index is 10.8. The van der Waals surface area contributed by atoms with E-state index in [9.17, 15) is 4.79 Å². The van der Waals surface area contributed by atoms with Crippen molar-refractivity contribution in [3.63, 3.8) is 0 Å². The summed E-state index contributed by atoms with van der Waals surface area (Å²) in [7, 11) is 0. The molecule has 3 heteroatoms. The summed E-state index contributed by atoms with van der Waals surface area (Å²) in [5.74, 6) is -0.164. The van der Waals surface area contributed by atoms with E-state index < -0.39 is 5.97 Å². The molecule has 1 saturated carbocycles. The van der Waals surface area contributed by atoms with Crippen LogP contribution in [0.1, 0.15) is 42.1 Å². The number of anilines is 1. The van der Waals surface area contributed by atoms with E-state index in [1.807, 2.05) is 13.0 Å². The van der Waals surface area contributed by atoms with Crippen LogP contribution in [0.3, 0.4) is 0 Å². The van der Waals surface area contributed by atoms with Gasteiger partial charge in [-0.25, -0.2) is 4.79 Å². The minimum Gasteiger partial charge on any atom is -0.478 e. The molecule has 0 bridgehead atoms. The number of carboxylic acids is 1. The topological polar surface area (TPSA) is 49.3 Å². The van der Waals surface area contributed by atoms with Crippen molar-refractivity contribution in [2.75, 3.05) is 5.32 Å². The van der Waals surface area contributed by atoms with Crippen LogP contribution in [0, 0.1) is 12.8 Å². The van der Waals surface area contributed by atoms with Gasteiger partial charge in [-0.1, -0.05) is 13.3 Å². The van der Waals surface area contributed by atoms with Crippen molar-refractivity contribution in [3.8, 4) is 0 Å². The molecule has 2 N–H and O–H groups in total. The number of nitrogens with one attached hydrogen (secondary N) is 1. The highest BCUT2D eigenvalue weighted by molar-refractivity contribution is 5.88. The van der Waals surface area contributed by atoms with Gasteiger partial charge < -0.3 is 10.4 Å². The second kappa shape index (κ2) is 4.78. The van der Waals surface area contributed by atoms with Gasteiger partial charge in [0.1, 0.15) is 0 Å². The zero-order chi connectivity index (χ0) is 12.4. The van der Waals surface area contributed by atoms with E-state index in [1.54, 1.807) is 12.1 Å². The molecule has 0 saturated heterocycles. The van der Waals surface area contributed by atoms with Crippen LogP contribution >= 0.6 is 0 Å². The SMILES string of the molecule is Cc1cc(C(=O)O)ccc1NC1CCCC1C. The molecule has 0 radical (unpaired) electrons. The lowest BCUT2D eigenvalue weighted by Crippen LogP contribution is -2.22. The molecule has 0 aromatic heterocycles. The Kier molecular flexibility index (Phi) is 3.36. The Bertz CT molecular complexity index is 428. The Hall–Kier alpha value is -1.51. The first-order valence-electron chi connectivity index (χ1n) is 6.18. The van der Waals surface area contributed by atoms with Gasteiger partial charge in [0.05, 0.1) is 5.56 Å². The number of rotatable bonds is 3. The summed E-state index contributed by atoms with van der Waals surface area (Å²) in [6, 6.07) is 5.80. The Morgan fingerprint density at radius 1 is 1.41 bits per heavy atom. The van der Waals surface area contributed by atoms with E-state index in [4.69, 9.17) is 5.11 Å². The number of hydrogen-bond acceptors (Lipinski definition) is 2. The maximum atomic E-state index is 10.8. The fourth-order valence-electron chi connectivity index (χ4n) is 2.52. The maximum Gasteiger partial charge on any atom is 0.335 e. The van der Waals surface area contributed by atoms with Gasteiger partial charge in [-0.2, -0.15) is 0 Å². The molecule has 0 spiro atoms. The molecule has 1 aromatic rings. The molecule has 3 nitrogen and oxygen atoms in total. The Morgan fingerprint density at radius 3 is 2.71 bits per heavy atom. The van der Waals surface area contributed by atoms with Crippen LogP contribution in [-0.2, 0) is 0 Å². The van der Waals surface area contributed by atoms with Crippen molar-refractivity contribution in [2.24, 2.45) is 5.92 Å². The van der Waals surface area contributed by atoms with Crippen molar-refractivity contribution in [2.45, 2.75) is 39.2 Å². The summed E-state index contributed by atoms with van der Waals surface area (Å²) in [6.45, 7) is 4.22. The molecule has 17 heavy (non-hydrogen) atoms. The normalized spacial score (nSPS) is 23.6. The summed E-state index contributed by atoms with van der Waals surface area (Å²) in [5, 5.41) is 12.4. The summed E-state index contributed by atoms with van der Waals surface area (Å²) in [5.41, 5.74) is 2.42. The third-order valence-electron chi connectivity index (χ3n) is 3.68. The second-order valence-corrected chi connectivity index (χ2v) is 4.99. The first kappa shape index (κ1) is 12.0. The summed E-state index contributed by atoms with van der Waals surface area (Å²) in [6.07, 6.45) is 3.77. The number of carbonyl (C=O) groups is 1. The summed E-state index contributed by atoms with van der Waals surface area (Å²) in [4.78, 5) is 10.8. The monoisotopic (exact) mass is 233 g/mol. The first-order valence-corrected chi connectivity index (χ1v) is 6.18. The molecule has 2 rings (SSSR count). The fraction of sp³-hybridized carbons (Fsp3) is 0.500. The molecule has 1 aliphatic carbocycles. The molecule has 0 aliphatic heterocycles. The van der Waals surface area contributed by atoms with Gasteiger partial charge in [0.2, 0.25) is 0 Å². The van der Waals surface area contributed by atoms with Gasteiger partial charge in [-0.3, -0.25) is 0 Å². The van der Waals surface area contributed by atoms with Crippen LogP contribution in [0.15, 0.2) is 18.2 Å². The lowest BCUT2D eigenvalue weighted by molar-refractivity contribution is 0.0697. The molecule has 1 fully saturated rings. The molecule has 1 aromatic carbocycles. The summed E-state index contributed by atoms with van der Waals surface area (Å²) >= 11 is 0. The van der Waals surface area contributed by atoms with E-state index in [2.05, 4.69) is 12.2 Å².